The zero-order valence-electron chi connectivity index (χ0n) is 10.8. The summed E-state index contributed by atoms with van der Waals surface area (Å²) in [6, 6.07) is 12.5. The lowest BCUT2D eigenvalue weighted by molar-refractivity contribution is -0.129. The van der Waals surface area contributed by atoms with Crippen LogP contribution in [0.3, 0.4) is 0 Å². The molecule has 2 N–H and O–H groups in total. The molecule has 0 saturated carbocycles. The molecular formula is C15H15NO4. The minimum atomic E-state index is -0.469. The van der Waals surface area contributed by atoms with Crippen LogP contribution < -0.4 is 5.48 Å². The third-order valence-corrected chi connectivity index (χ3v) is 2.87. The Morgan fingerprint density at radius 2 is 1.75 bits per heavy atom. The molecule has 5 nitrogen and oxygen atoms in total. The second-order valence-electron chi connectivity index (χ2n) is 4.37. The van der Waals surface area contributed by atoms with Gasteiger partial charge >= 0.3 is 0 Å². The molecule has 0 saturated heterocycles. The fourth-order valence-corrected chi connectivity index (χ4v) is 1.83. The molecule has 1 amide bonds. The standard InChI is InChI=1S/C15H15NO4/c17-14(11-4-2-1-3-5-11)10-13-7-6-12(20-13)8-9-15(18)16-19/h1-7,19H,8-10H2,(H,16,18). The zero-order chi connectivity index (χ0) is 14.4. The lowest BCUT2D eigenvalue weighted by Gasteiger charge is -1.99. The number of nitrogens with one attached hydrogen (secondary N) is 1. The van der Waals surface area contributed by atoms with Gasteiger partial charge in [-0.25, -0.2) is 5.48 Å². The highest BCUT2D eigenvalue weighted by molar-refractivity contribution is 5.97. The topological polar surface area (TPSA) is 79.5 Å². The third kappa shape index (κ3) is 3.80. The average Bonchev–Trinajstić information content (AvgIpc) is 2.93. The van der Waals surface area contributed by atoms with E-state index in [-0.39, 0.29) is 18.6 Å². The molecule has 0 fully saturated rings. The number of Topliss-reactive ketones (excluding diaryl/α,β-unsaturated/α-hetero) is 1. The van der Waals surface area contributed by atoms with E-state index in [2.05, 4.69) is 0 Å². The first-order valence-corrected chi connectivity index (χ1v) is 6.28. The molecule has 1 aromatic carbocycles. The molecule has 2 rings (SSSR count). The summed E-state index contributed by atoms with van der Waals surface area (Å²) >= 11 is 0. The Bertz CT molecular complexity index is 589. The van der Waals surface area contributed by atoms with Gasteiger partial charge in [0.15, 0.2) is 5.78 Å². The van der Waals surface area contributed by atoms with E-state index in [0.29, 0.717) is 23.5 Å². The van der Waals surface area contributed by atoms with Crippen LogP contribution in [0.2, 0.25) is 0 Å². The van der Waals surface area contributed by atoms with Crippen molar-refractivity contribution in [3.63, 3.8) is 0 Å². The molecule has 0 bridgehead atoms. The van der Waals surface area contributed by atoms with Crippen molar-refractivity contribution in [1.82, 2.24) is 5.48 Å². The minimum Gasteiger partial charge on any atom is -0.466 e. The predicted molar refractivity (Wildman–Crippen MR) is 71.4 cm³/mol. The summed E-state index contributed by atoms with van der Waals surface area (Å²) in [7, 11) is 0. The maximum Gasteiger partial charge on any atom is 0.243 e. The quantitative estimate of drug-likeness (QED) is 0.480. The number of furan rings is 1. The van der Waals surface area contributed by atoms with E-state index in [4.69, 9.17) is 9.62 Å². The van der Waals surface area contributed by atoms with Crippen molar-refractivity contribution in [3.8, 4) is 0 Å². The first-order valence-electron chi connectivity index (χ1n) is 6.28. The molecule has 1 aromatic heterocycles. The number of hydrogen-bond acceptors (Lipinski definition) is 4. The summed E-state index contributed by atoms with van der Waals surface area (Å²) in [5.41, 5.74) is 2.20. The van der Waals surface area contributed by atoms with E-state index in [9.17, 15) is 9.59 Å². The Morgan fingerprint density at radius 1 is 1.05 bits per heavy atom. The molecule has 0 aliphatic heterocycles. The Balaban J connectivity index is 1.93. The van der Waals surface area contributed by atoms with Crippen molar-refractivity contribution in [2.75, 3.05) is 0 Å². The molecule has 0 aliphatic rings. The first-order chi connectivity index (χ1) is 9.69. The number of hydroxylamine groups is 1. The molecule has 0 aliphatic carbocycles. The monoisotopic (exact) mass is 273 g/mol. The van der Waals surface area contributed by atoms with Crippen molar-refractivity contribution in [1.29, 1.82) is 0 Å². The fourth-order valence-electron chi connectivity index (χ4n) is 1.83. The predicted octanol–water partition coefficient (Wildman–Crippen LogP) is 2.14. The first kappa shape index (κ1) is 14.0. The van der Waals surface area contributed by atoms with E-state index in [1.54, 1.807) is 29.7 Å². The molecular weight excluding hydrogens is 258 g/mol. The number of carbonyl (C=O) groups is 2. The number of hydrogen-bond donors (Lipinski definition) is 2. The van der Waals surface area contributed by atoms with Gasteiger partial charge in [0.2, 0.25) is 5.91 Å². The van der Waals surface area contributed by atoms with Crippen LogP contribution in [-0.2, 0) is 17.6 Å². The Kier molecular flexibility index (Phi) is 4.68. The van der Waals surface area contributed by atoms with E-state index in [1.807, 2.05) is 18.2 Å². The van der Waals surface area contributed by atoms with E-state index in [1.165, 1.54) is 0 Å². The maximum absolute atomic E-state index is 12.0. The van der Waals surface area contributed by atoms with Gasteiger partial charge in [-0.3, -0.25) is 14.8 Å². The van der Waals surface area contributed by atoms with Crippen molar-refractivity contribution >= 4 is 11.7 Å². The summed E-state index contributed by atoms with van der Waals surface area (Å²) in [4.78, 5) is 22.9. The second kappa shape index (κ2) is 6.68. The molecule has 5 heteroatoms. The van der Waals surface area contributed by atoms with Gasteiger partial charge in [-0.1, -0.05) is 30.3 Å². The van der Waals surface area contributed by atoms with Gasteiger partial charge in [-0.2, -0.15) is 0 Å². The van der Waals surface area contributed by atoms with Gasteiger partial charge in [0.05, 0.1) is 6.42 Å². The Morgan fingerprint density at radius 3 is 2.45 bits per heavy atom. The van der Waals surface area contributed by atoms with Gasteiger partial charge in [-0.05, 0) is 12.1 Å². The average molecular weight is 273 g/mol. The lowest BCUT2D eigenvalue weighted by Crippen LogP contribution is -2.18. The molecule has 2 aromatic rings. The van der Waals surface area contributed by atoms with Crippen LogP contribution >= 0.6 is 0 Å². The molecule has 0 atom stereocenters. The normalized spacial score (nSPS) is 10.2. The summed E-state index contributed by atoms with van der Waals surface area (Å²) in [5.74, 6) is 0.700. The number of aryl methyl sites for hydroxylation is 1. The number of benzene rings is 1. The van der Waals surface area contributed by atoms with Crippen LogP contribution in [-0.4, -0.2) is 16.9 Å². The fraction of sp³-hybridized carbons (Fsp3) is 0.200. The van der Waals surface area contributed by atoms with Crippen molar-refractivity contribution in [3.05, 3.63) is 59.5 Å². The third-order valence-electron chi connectivity index (χ3n) is 2.87. The van der Waals surface area contributed by atoms with Crippen LogP contribution in [0.25, 0.3) is 0 Å². The van der Waals surface area contributed by atoms with Crippen LogP contribution in [0.15, 0.2) is 46.9 Å². The van der Waals surface area contributed by atoms with Crippen LogP contribution in [0, 0.1) is 0 Å². The summed E-state index contributed by atoms with van der Waals surface area (Å²) in [6.45, 7) is 0. The van der Waals surface area contributed by atoms with E-state index >= 15 is 0 Å². The van der Waals surface area contributed by atoms with E-state index in [0.717, 1.165) is 0 Å². The largest absolute Gasteiger partial charge is 0.466 e. The summed E-state index contributed by atoms with van der Waals surface area (Å²) < 4.78 is 5.49. The number of ketones is 1. The molecule has 104 valence electrons. The van der Waals surface area contributed by atoms with Gasteiger partial charge in [0.25, 0.3) is 0 Å². The minimum absolute atomic E-state index is 0.0143. The Hall–Kier alpha value is -2.40. The highest BCUT2D eigenvalue weighted by Gasteiger charge is 2.10. The molecule has 0 radical (unpaired) electrons. The van der Waals surface area contributed by atoms with Crippen molar-refractivity contribution in [2.45, 2.75) is 19.3 Å². The van der Waals surface area contributed by atoms with Gasteiger partial charge in [-0.15, -0.1) is 0 Å². The highest BCUT2D eigenvalue weighted by atomic mass is 16.5. The smallest absolute Gasteiger partial charge is 0.243 e. The molecule has 1 heterocycles. The van der Waals surface area contributed by atoms with Crippen LogP contribution in [0.1, 0.15) is 28.3 Å². The molecule has 0 unspecified atom stereocenters. The van der Waals surface area contributed by atoms with Crippen LogP contribution in [0.5, 0.6) is 0 Å². The lowest BCUT2D eigenvalue weighted by atomic mass is 10.1. The number of rotatable bonds is 6. The van der Waals surface area contributed by atoms with Crippen molar-refractivity contribution < 1.29 is 19.2 Å². The second-order valence-corrected chi connectivity index (χ2v) is 4.37. The summed E-state index contributed by atoms with van der Waals surface area (Å²) in [5, 5.41) is 8.39. The maximum atomic E-state index is 12.0. The Labute approximate surface area is 116 Å². The van der Waals surface area contributed by atoms with Gasteiger partial charge < -0.3 is 4.42 Å². The zero-order valence-corrected chi connectivity index (χ0v) is 10.8. The summed E-state index contributed by atoms with van der Waals surface area (Å²) in [6.07, 6.45) is 0.707. The van der Waals surface area contributed by atoms with Crippen molar-refractivity contribution in [2.24, 2.45) is 0 Å². The highest BCUT2D eigenvalue weighted by Crippen LogP contribution is 2.13. The number of amides is 1. The van der Waals surface area contributed by atoms with E-state index < -0.39 is 5.91 Å². The molecule has 0 spiro atoms. The van der Waals surface area contributed by atoms with Gasteiger partial charge in [0, 0.05) is 18.4 Å². The van der Waals surface area contributed by atoms with Gasteiger partial charge in [0.1, 0.15) is 11.5 Å². The number of carbonyl (C=O) groups excluding carboxylic acids is 2. The van der Waals surface area contributed by atoms with Crippen LogP contribution in [0.4, 0.5) is 0 Å². The SMILES string of the molecule is O=C(CCc1ccc(CC(=O)c2ccccc2)o1)NO. The molecule has 20 heavy (non-hydrogen) atoms.